The molecule has 0 aliphatic heterocycles. The van der Waals surface area contributed by atoms with Crippen LogP contribution in [0.2, 0.25) is 0 Å². The van der Waals surface area contributed by atoms with E-state index in [0.29, 0.717) is 34.9 Å². The van der Waals surface area contributed by atoms with E-state index in [4.69, 9.17) is 9.47 Å². The monoisotopic (exact) mass is 387 g/mol. The lowest BCUT2D eigenvalue weighted by Crippen LogP contribution is -2.34. The number of nitrogens with zero attached hydrogens (tertiary/aromatic N) is 2. The Hall–Kier alpha value is -2.87. The summed E-state index contributed by atoms with van der Waals surface area (Å²) in [5, 5.41) is 3.30. The van der Waals surface area contributed by atoms with Crippen LogP contribution in [-0.4, -0.2) is 35.7 Å². The summed E-state index contributed by atoms with van der Waals surface area (Å²) >= 11 is 1.50. The number of aromatic nitrogens is 2. The van der Waals surface area contributed by atoms with Crippen LogP contribution >= 0.6 is 11.3 Å². The van der Waals surface area contributed by atoms with E-state index in [2.05, 4.69) is 10.3 Å². The van der Waals surface area contributed by atoms with Crippen molar-refractivity contribution in [2.75, 3.05) is 20.3 Å². The summed E-state index contributed by atoms with van der Waals surface area (Å²) in [5.74, 6) is 0.981. The Morgan fingerprint density at radius 3 is 2.81 bits per heavy atom. The predicted octanol–water partition coefficient (Wildman–Crippen LogP) is 2.22. The first kappa shape index (κ1) is 18.9. The number of aryl methyl sites for hydroxylation is 1. The molecule has 0 aliphatic rings. The van der Waals surface area contributed by atoms with Gasteiger partial charge in [0.25, 0.3) is 5.56 Å². The molecule has 0 unspecified atom stereocenters. The molecule has 0 radical (unpaired) electrons. The van der Waals surface area contributed by atoms with Crippen molar-refractivity contribution in [1.29, 1.82) is 0 Å². The van der Waals surface area contributed by atoms with Gasteiger partial charge in [-0.2, -0.15) is 0 Å². The van der Waals surface area contributed by atoms with Gasteiger partial charge in [0.1, 0.15) is 18.0 Å². The van der Waals surface area contributed by atoms with E-state index in [1.807, 2.05) is 25.1 Å². The number of amides is 1. The van der Waals surface area contributed by atoms with Crippen molar-refractivity contribution in [3.05, 3.63) is 51.9 Å². The summed E-state index contributed by atoms with van der Waals surface area (Å²) in [6, 6.07) is 9.16. The molecule has 0 bridgehead atoms. The highest BCUT2D eigenvalue weighted by molar-refractivity contribution is 7.18. The van der Waals surface area contributed by atoms with E-state index in [-0.39, 0.29) is 18.0 Å². The van der Waals surface area contributed by atoms with Crippen LogP contribution in [0.4, 0.5) is 0 Å². The number of fused-ring (bicyclic) bond motifs is 1. The van der Waals surface area contributed by atoms with E-state index in [9.17, 15) is 9.59 Å². The second-order valence-electron chi connectivity index (χ2n) is 5.81. The molecule has 0 saturated carbocycles. The van der Waals surface area contributed by atoms with Crippen LogP contribution < -0.4 is 20.3 Å². The molecule has 1 aromatic carbocycles. The lowest BCUT2D eigenvalue weighted by Gasteiger charge is -2.11. The molecule has 1 N–H and O–H groups in total. The maximum absolute atomic E-state index is 12.5. The van der Waals surface area contributed by atoms with E-state index >= 15 is 0 Å². The number of ether oxygens (including phenoxy) is 2. The highest BCUT2D eigenvalue weighted by Crippen LogP contribution is 2.25. The normalized spacial score (nSPS) is 10.7. The first-order valence-electron chi connectivity index (χ1n) is 8.62. The lowest BCUT2D eigenvalue weighted by atomic mass is 10.3. The van der Waals surface area contributed by atoms with E-state index in [1.165, 1.54) is 22.2 Å². The topological polar surface area (TPSA) is 82.5 Å². The highest BCUT2D eigenvalue weighted by atomic mass is 32.1. The zero-order chi connectivity index (χ0) is 19.2. The maximum atomic E-state index is 12.5. The number of carbonyl (C=O) groups is 1. The van der Waals surface area contributed by atoms with Gasteiger partial charge in [0, 0.05) is 4.88 Å². The summed E-state index contributed by atoms with van der Waals surface area (Å²) in [4.78, 5) is 30.7. The molecule has 0 aliphatic carbocycles. The zero-order valence-corrected chi connectivity index (χ0v) is 16.0. The smallest absolute Gasteiger partial charge is 0.262 e. The van der Waals surface area contributed by atoms with Crippen molar-refractivity contribution in [3.63, 3.8) is 0 Å². The minimum Gasteiger partial charge on any atom is -0.493 e. The molecular formula is C19H21N3O4S. The lowest BCUT2D eigenvalue weighted by molar-refractivity contribution is -0.121. The molecular weight excluding hydrogens is 366 g/mol. The molecule has 3 aromatic rings. The Morgan fingerprint density at radius 2 is 2.07 bits per heavy atom. The molecule has 0 spiro atoms. The fourth-order valence-electron chi connectivity index (χ4n) is 2.60. The number of hydrogen-bond donors (Lipinski definition) is 1. The molecule has 27 heavy (non-hydrogen) atoms. The predicted molar refractivity (Wildman–Crippen MR) is 105 cm³/mol. The van der Waals surface area contributed by atoms with Gasteiger partial charge in [-0.3, -0.25) is 14.2 Å². The molecule has 142 valence electrons. The molecule has 2 heterocycles. The van der Waals surface area contributed by atoms with Gasteiger partial charge in [-0.15, -0.1) is 11.3 Å². The van der Waals surface area contributed by atoms with Crippen LogP contribution in [-0.2, 0) is 17.8 Å². The van der Waals surface area contributed by atoms with E-state index < -0.39 is 0 Å². The van der Waals surface area contributed by atoms with Crippen molar-refractivity contribution >= 4 is 27.5 Å². The number of nitrogens with one attached hydrogen (secondary N) is 1. The van der Waals surface area contributed by atoms with Gasteiger partial charge in [-0.1, -0.05) is 19.1 Å². The summed E-state index contributed by atoms with van der Waals surface area (Å²) < 4.78 is 12.1. The SMILES string of the molecule is CCc1cc2c(=O)n(CC(=O)NCCOc3ccccc3OC)cnc2s1. The van der Waals surface area contributed by atoms with Crippen molar-refractivity contribution in [1.82, 2.24) is 14.9 Å². The quantitative estimate of drug-likeness (QED) is 0.600. The molecule has 2 aromatic heterocycles. The van der Waals surface area contributed by atoms with Crippen molar-refractivity contribution in [2.45, 2.75) is 19.9 Å². The van der Waals surface area contributed by atoms with Crippen LogP contribution in [0.25, 0.3) is 10.2 Å². The maximum Gasteiger partial charge on any atom is 0.262 e. The number of benzene rings is 1. The molecule has 0 fully saturated rings. The Morgan fingerprint density at radius 1 is 1.30 bits per heavy atom. The van der Waals surface area contributed by atoms with E-state index in [1.54, 1.807) is 19.2 Å². The molecule has 0 atom stereocenters. The standard InChI is InChI=1S/C19H21N3O4S/c1-3-13-10-14-18(27-13)21-12-22(19(14)24)11-17(23)20-8-9-26-16-7-5-4-6-15(16)25-2/h4-7,10,12H,3,8-9,11H2,1-2H3,(H,20,23). The number of para-hydroxylation sites is 2. The van der Waals surface area contributed by atoms with Crippen molar-refractivity contribution in [3.8, 4) is 11.5 Å². The third-order valence-electron chi connectivity index (χ3n) is 3.98. The van der Waals surface area contributed by atoms with Gasteiger partial charge in [0.2, 0.25) is 5.91 Å². The summed E-state index contributed by atoms with van der Waals surface area (Å²) in [6.07, 6.45) is 2.28. The molecule has 8 heteroatoms. The van der Waals surface area contributed by atoms with Gasteiger partial charge in [0.15, 0.2) is 11.5 Å². The fourth-order valence-corrected chi connectivity index (χ4v) is 3.52. The third kappa shape index (κ3) is 4.46. The van der Waals surface area contributed by atoms with Crippen LogP contribution in [0.3, 0.4) is 0 Å². The molecule has 0 saturated heterocycles. The van der Waals surface area contributed by atoms with Crippen molar-refractivity contribution in [2.24, 2.45) is 0 Å². The minimum absolute atomic E-state index is 0.0757. The number of methoxy groups -OCH3 is 1. The van der Waals surface area contributed by atoms with Gasteiger partial charge in [-0.25, -0.2) is 4.98 Å². The third-order valence-corrected chi connectivity index (χ3v) is 5.17. The Kier molecular flexibility index (Phi) is 6.08. The van der Waals surface area contributed by atoms with Gasteiger partial charge in [0.05, 0.1) is 25.4 Å². The average molecular weight is 387 g/mol. The minimum atomic E-state index is -0.271. The first-order valence-corrected chi connectivity index (χ1v) is 9.44. The van der Waals surface area contributed by atoms with Gasteiger partial charge >= 0.3 is 0 Å². The number of hydrogen-bond acceptors (Lipinski definition) is 6. The average Bonchev–Trinajstić information content (AvgIpc) is 3.12. The Balaban J connectivity index is 1.54. The second kappa shape index (κ2) is 8.68. The van der Waals surface area contributed by atoms with Gasteiger partial charge < -0.3 is 14.8 Å². The number of thiophene rings is 1. The fraction of sp³-hybridized carbons (Fsp3) is 0.316. The van der Waals surface area contributed by atoms with Crippen LogP contribution in [0, 0.1) is 0 Å². The van der Waals surface area contributed by atoms with E-state index in [0.717, 1.165) is 11.3 Å². The van der Waals surface area contributed by atoms with Crippen LogP contribution in [0.1, 0.15) is 11.8 Å². The first-order chi connectivity index (χ1) is 13.1. The van der Waals surface area contributed by atoms with Crippen LogP contribution in [0.5, 0.6) is 11.5 Å². The molecule has 7 nitrogen and oxygen atoms in total. The molecule has 1 amide bonds. The Labute approximate surface area is 160 Å². The second-order valence-corrected chi connectivity index (χ2v) is 6.93. The highest BCUT2D eigenvalue weighted by Gasteiger charge is 2.11. The van der Waals surface area contributed by atoms with Crippen molar-refractivity contribution < 1.29 is 14.3 Å². The summed E-state index contributed by atoms with van der Waals surface area (Å²) in [6.45, 7) is 2.57. The Bertz CT molecular complexity index is 996. The number of carbonyl (C=O) groups excluding carboxylic acids is 1. The van der Waals surface area contributed by atoms with Crippen LogP contribution in [0.15, 0.2) is 41.5 Å². The molecule has 3 rings (SSSR count). The zero-order valence-electron chi connectivity index (χ0n) is 15.2. The largest absolute Gasteiger partial charge is 0.493 e. The summed E-state index contributed by atoms with van der Waals surface area (Å²) in [7, 11) is 1.57. The number of rotatable bonds is 8. The summed E-state index contributed by atoms with van der Waals surface area (Å²) in [5.41, 5.74) is -0.198. The van der Waals surface area contributed by atoms with Gasteiger partial charge in [-0.05, 0) is 24.6 Å².